The highest BCUT2D eigenvalue weighted by atomic mass is 79.9. The molecule has 0 saturated carbocycles. The van der Waals surface area contributed by atoms with Crippen molar-refractivity contribution in [3.05, 3.63) is 22.7 Å². The monoisotopic (exact) mass is 301 g/mol. The molecular weight excluding hydrogens is 286 g/mol. The molecule has 0 aliphatic heterocycles. The molecule has 0 atom stereocenters. The van der Waals surface area contributed by atoms with Crippen molar-refractivity contribution in [3.8, 4) is 5.75 Å². The first kappa shape index (κ1) is 13.8. The van der Waals surface area contributed by atoms with Crippen LogP contribution in [-0.2, 0) is 9.53 Å². The number of unbranched alkanes of at least 4 members (excludes halogenated alkanes) is 1. The van der Waals surface area contributed by atoms with E-state index in [1.54, 1.807) is 18.2 Å². The Morgan fingerprint density at radius 2 is 2.24 bits per heavy atom. The molecular formula is C12H16BrNO3. The van der Waals surface area contributed by atoms with Crippen molar-refractivity contribution >= 4 is 27.6 Å². The van der Waals surface area contributed by atoms with Crippen LogP contribution in [0.4, 0.5) is 5.69 Å². The number of nitrogen functional groups attached to an aromatic ring is 1. The largest absolute Gasteiger partial charge is 0.481 e. The Hall–Kier alpha value is -1.23. The van der Waals surface area contributed by atoms with Crippen LogP contribution in [-0.4, -0.2) is 19.2 Å². The van der Waals surface area contributed by atoms with E-state index < -0.39 is 0 Å². The summed E-state index contributed by atoms with van der Waals surface area (Å²) in [5.41, 5.74) is 6.25. The van der Waals surface area contributed by atoms with Crippen LogP contribution in [0.5, 0.6) is 5.75 Å². The maximum Gasteiger partial charge on any atom is 0.344 e. The number of halogens is 1. The Labute approximate surface area is 109 Å². The number of ether oxygens (including phenoxy) is 2. The first-order valence-electron chi connectivity index (χ1n) is 5.47. The maximum absolute atomic E-state index is 11.3. The summed E-state index contributed by atoms with van der Waals surface area (Å²) in [5.74, 6) is 0.171. The highest BCUT2D eigenvalue weighted by Gasteiger charge is 2.07. The van der Waals surface area contributed by atoms with Gasteiger partial charge in [0, 0.05) is 5.69 Å². The quantitative estimate of drug-likeness (QED) is 0.498. The Balaban J connectivity index is 2.39. The van der Waals surface area contributed by atoms with Crippen LogP contribution >= 0.6 is 15.9 Å². The molecule has 1 aromatic rings. The lowest BCUT2D eigenvalue weighted by molar-refractivity contribution is -0.146. The van der Waals surface area contributed by atoms with E-state index in [2.05, 4.69) is 15.9 Å². The smallest absolute Gasteiger partial charge is 0.344 e. The minimum atomic E-state index is -0.368. The van der Waals surface area contributed by atoms with E-state index in [1.807, 2.05) is 6.92 Å². The fourth-order valence-electron chi connectivity index (χ4n) is 1.15. The first-order valence-corrected chi connectivity index (χ1v) is 6.27. The van der Waals surface area contributed by atoms with E-state index in [0.29, 0.717) is 22.5 Å². The van der Waals surface area contributed by atoms with Gasteiger partial charge in [0.25, 0.3) is 0 Å². The van der Waals surface area contributed by atoms with Gasteiger partial charge in [-0.25, -0.2) is 4.79 Å². The molecule has 0 radical (unpaired) electrons. The Morgan fingerprint density at radius 3 is 2.94 bits per heavy atom. The van der Waals surface area contributed by atoms with Crippen molar-refractivity contribution in [2.24, 2.45) is 0 Å². The predicted molar refractivity (Wildman–Crippen MR) is 69.9 cm³/mol. The SMILES string of the molecule is CCCCOC(=O)COc1cccc(N)c1Br. The zero-order valence-electron chi connectivity index (χ0n) is 9.74. The number of nitrogens with two attached hydrogens (primary N) is 1. The third-order valence-electron chi connectivity index (χ3n) is 2.10. The van der Waals surface area contributed by atoms with Crippen LogP contribution < -0.4 is 10.5 Å². The van der Waals surface area contributed by atoms with Gasteiger partial charge in [0.1, 0.15) is 5.75 Å². The van der Waals surface area contributed by atoms with E-state index in [1.165, 1.54) is 0 Å². The zero-order chi connectivity index (χ0) is 12.7. The van der Waals surface area contributed by atoms with Crippen molar-refractivity contribution in [3.63, 3.8) is 0 Å². The lowest BCUT2D eigenvalue weighted by Gasteiger charge is -2.09. The van der Waals surface area contributed by atoms with Crippen molar-refractivity contribution in [2.75, 3.05) is 18.9 Å². The van der Waals surface area contributed by atoms with Gasteiger partial charge in [0.15, 0.2) is 6.61 Å². The summed E-state index contributed by atoms with van der Waals surface area (Å²) in [6, 6.07) is 5.24. The predicted octanol–water partition coefficient (Wildman–Crippen LogP) is 2.75. The number of carbonyl (C=O) groups excluding carboxylic acids is 1. The van der Waals surface area contributed by atoms with Gasteiger partial charge in [-0.05, 0) is 34.5 Å². The van der Waals surface area contributed by atoms with Crippen molar-refractivity contribution < 1.29 is 14.3 Å². The molecule has 2 N–H and O–H groups in total. The molecule has 5 heteroatoms. The summed E-state index contributed by atoms with van der Waals surface area (Å²) in [7, 11) is 0. The minimum absolute atomic E-state index is 0.105. The summed E-state index contributed by atoms with van der Waals surface area (Å²) in [4.78, 5) is 11.3. The molecule has 0 amide bonds. The van der Waals surface area contributed by atoms with Crippen molar-refractivity contribution in [2.45, 2.75) is 19.8 Å². The molecule has 0 fully saturated rings. The summed E-state index contributed by atoms with van der Waals surface area (Å²) in [5, 5.41) is 0. The van der Waals surface area contributed by atoms with Gasteiger partial charge in [-0.3, -0.25) is 0 Å². The van der Waals surface area contributed by atoms with Crippen LogP contribution in [0, 0.1) is 0 Å². The van der Waals surface area contributed by atoms with Crippen LogP contribution in [0.15, 0.2) is 22.7 Å². The van der Waals surface area contributed by atoms with Gasteiger partial charge < -0.3 is 15.2 Å². The molecule has 0 aliphatic rings. The fraction of sp³-hybridized carbons (Fsp3) is 0.417. The first-order chi connectivity index (χ1) is 8.15. The van der Waals surface area contributed by atoms with E-state index >= 15 is 0 Å². The zero-order valence-corrected chi connectivity index (χ0v) is 11.3. The average Bonchev–Trinajstić information content (AvgIpc) is 2.31. The number of anilines is 1. The van der Waals surface area contributed by atoms with E-state index in [9.17, 15) is 4.79 Å². The highest BCUT2D eigenvalue weighted by molar-refractivity contribution is 9.10. The van der Waals surface area contributed by atoms with Gasteiger partial charge in [-0.15, -0.1) is 0 Å². The highest BCUT2D eigenvalue weighted by Crippen LogP contribution is 2.30. The Bertz CT molecular complexity index is 382. The lowest BCUT2D eigenvalue weighted by atomic mass is 10.3. The van der Waals surface area contributed by atoms with Crippen LogP contribution in [0.3, 0.4) is 0 Å². The van der Waals surface area contributed by atoms with Gasteiger partial charge >= 0.3 is 5.97 Å². The number of benzene rings is 1. The second kappa shape index (κ2) is 7.17. The minimum Gasteiger partial charge on any atom is -0.481 e. The molecule has 0 aromatic heterocycles. The van der Waals surface area contributed by atoms with Gasteiger partial charge in [-0.2, -0.15) is 0 Å². The molecule has 4 nitrogen and oxygen atoms in total. The Kier molecular flexibility index (Phi) is 5.83. The number of hydrogen-bond acceptors (Lipinski definition) is 4. The third-order valence-corrected chi connectivity index (χ3v) is 2.95. The van der Waals surface area contributed by atoms with Crippen LogP contribution in [0.1, 0.15) is 19.8 Å². The second-order valence-electron chi connectivity index (χ2n) is 3.52. The molecule has 94 valence electrons. The van der Waals surface area contributed by atoms with Crippen LogP contribution in [0.25, 0.3) is 0 Å². The number of rotatable bonds is 6. The Morgan fingerprint density at radius 1 is 1.47 bits per heavy atom. The lowest BCUT2D eigenvalue weighted by Crippen LogP contribution is -2.15. The molecule has 0 aliphatic carbocycles. The van der Waals surface area contributed by atoms with E-state index in [-0.39, 0.29) is 12.6 Å². The van der Waals surface area contributed by atoms with Crippen LogP contribution in [0.2, 0.25) is 0 Å². The summed E-state index contributed by atoms with van der Waals surface area (Å²) in [6.07, 6.45) is 1.86. The number of esters is 1. The topological polar surface area (TPSA) is 61.5 Å². The van der Waals surface area contributed by atoms with Crippen molar-refractivity contribution in [1.29, 1.82) is 0 Å². The second-order valence-corrected chi connectivity index (χ2v) is 4.32. The molecule has 1 rings (SSSR count). The molecule has 1 aromatic carbocycles. The van der Waals surface area contributed by atoms with Gasteiger partial charge in [-0.1, -0.05) is 19.4 Å². The molecule has 0 spiro atoms. The third kappa shape index (κ3) is 4.65. The van der Waals surface area contributed by atoms with Crippen molar-refractivity contribution in [1.82, 2.24) is 0 Å². The molecule has 0 heterocycles. The number of carbonyl (C=O) groups is 1. The number of hydrogen-bond donors (Lipinski definition) is 1. The maximum atomic E-state index is 11.3. The van der Waals surface area contributed by atoms with E-state index in [4.69, 9.17) is 15.2 Å². The summed E-state index contributed by atoms with van der Waals surface area (Å²) in [6.45, 7) is 2.37. The molecule has 0 saturated heterocycles. The van der Waals surface area contributed by atoms with E-state index in [0.717, 1.165) is 12.8 Å². The van der Waals surface area contributed by atoms with Gasteiger partial charge in [0.05, 0.1) is 11.1 Å². The molecule has 17 heavy (non-hydrogen) atoms. The standard InChI is InChI=1S/C12H16BrNO3/c1-2-3-7-16-11(15)8-17-10-6-4-5-9(14)12(10)13/h4-6H,2-3,7-8,14H2,1H3. The molecule has 0 bridgehead atoms. The summed E-state index contributed by atoms with van der Waals surface area (Å²) >= 11 is 3.29. The summed E-state index contributed by atoms with van der Waals surface area (Å²) < 4.78 is 10.9. The molecule has 0 unspecified atom stereocenters. The fourth-order valence-corrected chi connectivity index (χ4v) is 1.53. The average molecular weight is 302 g/mol. The van der Waals surface area contributed by atoms with Gasteiger partial charge in [0.2, 0.25) is 0 Å². The normalized spacial score (nSPS) is 10.0.